The number of rotatable bonds is 7. The molecule has 0 aromatic heterocycles. The number of amides is 2. The first kappa shape index (κ1) is 23.8. The summed E-state index contributed by atoms with van der Waals surface area (Å²) in [5, 5.41) is 6.67. The number of nitrogens with zero attached hydrogens (tertiary/aromatic N) is 2. The molecule has 2 aliphatic carbocycles. The summed E-state index contributed by atoms with van der Waals surface area (Å²) in [7, 11) is 1.75. The van der Waals surface area contributed by atoms with Crippen molar-refractivity contribution in [2.45, 2.75) is 32.6 Å². The number of fused-ring (bicyclic) bond motifs is 5. The number of likely N-dealkylation sites (tertiary alicyclic amines) is 1. The third-order valence-electron chi connectivity index (χ3n) is 6.82. The normalized spacial score (nSPS) is 27.3. The molecule has 6 nitrogen and oxygen atoms in total. The van der Waals surface area contributed by atoms with E-state index in [1.165, 1.54) is 16.0 Å². The molecule has 31 heavy (non-hydrogen) atoms. The van der Waals surface area contributed by atoms with Gasteiger partial charge in [0.1, 0.15) is 0 Å². The van der Waals surface area contributed by atoms with E-state index < -0.39 is 0 Å². The zero-order chi connectivity index (χ0) is 21.3. The molecule has 1 saturated heterocycles. The number of hydrogen-bond donors (Lipinski definition) is 2. The van der Waals surface area contributed by atoms with Gasteiger partial charge in [0.25, 0.3) is 0 Å². The number of nitrogens with one attached hydrogen (secondary N) is 2. The minimum absolute atomic E-state index is 0. The molecule has 1 saturated carbocycles. The lowest BCUT2D eigenvalue weighted by Crippen LogP contribution is -2.41. The van der Waals surface area contributed by atoms with Crippen LogP contribution in [0.2, 0.25) is 0 Å². The van der Waals surface area contributed by atoms with Crippen LogP contribution in [0.4, 0.5) is 0 Å². The third kappa shape index (κ3) is 4.81. The first-order valence-electron chi connectivity index (χ1n) is 11.0. The Balaban J connectivity index is 0.00000272. The molecule has 2 fully saturated rings. The summed E-state index contributed by atoms with van der Waals surface area (Å²) in [6.07, 6.45) is 5.96. The highest BCUT2D eigenvalue weighted by Crippen LogP contribution is 2.52. The molecule has 1 aromatic rings. The molecule has 1 heterocycles. The third-order valence-corrected chi connectivity index (χ3v) is 6.82. The van der Waals surface area contributed by atoms with Crippen LogP contribution in [-0.4, -0.2) is 49.4 Å². The fraction of sp³-hybridized carbons (Fsp3) is 0.542. The van der Waals surface area contributed by atoms with Crippen molar-refractivity contribution >= 4 is 41.8 Å². The Bertz CT molecular complexity index is 854. The van der Waals surface area contributed by atoms with E-state index in [1.807, 2.05) is 0 Å². The smallest absolute Gasteiger partial charge is 0.233 e. The lowest BCUT2D eigenvalue weighted by Gasteiger charge is -2.19. The molecule has 2 amide bonds. The van der Waals surface area contributed by atoms with Crippen LogP contribution >= 0.6 is 24.0 Å². The van der Waals surface area contributed by atoms with Crippen LogP contribution in [0.5, 0.6) is 0 Å². The van der Waals surface area contributed by atoms with Crippen molar-refractivity contribution in [2.75, 3.05) is 26.7 Å². The molecule has 1 aromatic carbocycles. The van der Waals surface area contributed by atoms with Gasteiger partial charge in [-0.25, -0.2) is 0 Å². The van der Waals surface area contributed by atoms with E-state index in [0.717, 1.165) is 18.9 Å². The van der Waals surface area contributed by atoms with Gasteiger partial charge in [-0.05, 0) is 43.1 Å². The standard InChI is InChI=1S/C24H32N4O2.HI/c1-15-6-4-7-17(12-15)16(2)14-27-24(25-3)26-10-5-11-28-22(29)20-18-8-9-19(13-18)21(20)23(28)30;/h4,6-9,12,16,18-21H,5,10-11,13-14H2,1-3H3,(H2,25,26,27);1H. The van der Waals surface area contributed by atoms with Crippen LogP contribution in [0.1, 0.15) is 36.8 Å². The van der Waals surface area contributed by atoms with Gasteiger partial charge in [0.05, 0.1) is 11.8 Å². The van der Waals surface area contributed by atoms with Crippen molar-refractivity contribution in [3.05, 3.63) is 47.5 Å². The Hall–Kier alpha value is -1.90. The quantitative estimate of drug-likeness (QED) is 0.140. The highest BCUT2D eigenvalue weighted by molar-refractivity contribution is 14.0. The topological polar surface area (TPSA) is 73.8 Å². The molecular formula is C24H33IN4O2. The van der Waals surface area contributed by atoms with E-state index in [-0.39, 0.29) is 59.5 Å². The molecule has 1 aliphatic heterocycles. The van der Waals surface area contributed by atoms with Gasteiger partial charge in [-0.1, -0.05) is 48.9 Å². The molecule has 5 atom stereocenters. The molecule has 4 rings (SSSR count). The van der Waals surface area contributed by atoms with E-state index >= 15 is 0 Å². The molecular weight excluding hydrogens is 503 g/mol. The van der Waals surface area contributed by atoms with E-state index in [1.54, 1.807) is 7.05 Å². The van der Waals surface area contributed by atoms with Gasteiger partial charge >= 0.3 is 0 Å². The molecule has 2 bridgehead atoms. The average molecular weight is 536 g/mol. The van der Waals surface area contributed by atoms with Crippen molar-refractivity contribution < 1.29 is 9.59 Å². The summed E-state index contributed by atoms with van der Waals surface area (Å²) < 4.78 is 0. The minimum Gasteiger partial charge on any atom is -0.356 e. The largest absolute Gasteiger partial charge is 0.356 e. The Labute approximate surface area is 202 Å². The van der Waals surface area contributed by atoms with Crippen LogP contribution < -0.4 is 10.6 Å². The van der Waals surface area contributed by atoms with Gasteiger partial charge in [0, 0.05) is 26.7 Å². The van der Waals surface area contributed by atoms with Gasteiger partial charge in [-0.2, -0.15) is 0 Å². The maximum Gasteiger partial charge on any atom is 0.233 e. The van der Waals surface area contributed by atoms with Gasteiger partial charge in [0.15, 0.2) is 5.96 Å². The minimum atomic E-state index is -0.0991. The molecule has 2 N–H and O–H groups in total. The van der Waals surface area contributed by atoms with Gasteiger partial charge in [0.2, 0.25) is 11.8 Å². The predicted molar refractivity (Wildman–Crippen MR) is 133 cm³/mol. The number of aliphatic imine (C=N–C) groups is 1. The Morgan fingerprint density at radius 2 is 1.84 bits per heavy atom. The fourth-order valence-electron chi connectivity index (χ4n) is 5.19. The van der Waals surface area contributed by atoms with Crippen molar-refractivity contribution in [3.8, 4) is 0 Å². The summed E-state index contributed by atoms with van der Waals surface area (Å²) in [4.78, 5) is 31.2. The first-order valence-corrected chi connectivity index (χ1v) is 11.0. The van der Waals surface area contributed by atoms with E-state index in [2.05, 4.69) is 65.9 Å². The highest BCUT2D eigenvalue weighted by Gasteiger charge is 2.58. The number of carbonyl (C=O) groups excluding carboxylic acids is 2. The molecule has 0 radical (unpaired) electrons. The number of aryl methyl sites for hydroxylation is 1. The zero-order valence-electron chi connectivity index (χ0n) is 18.5. The van der Waals surface area contributed by atoms with E-state index in [9.17, 15) is 9.59 Å². The fourth-order valence-corrected chi connectivity index (χ4v) is 5.19. The molecule has 0 spiro atoms. The molecule has 5 unspecified atom stereocenters. The van der Waals surface area contributed by atoms with Crippen molar-refractivity contribution in [3.63, 3.8) is 0 Å². The second-order valence-corrected chi connectivity index (χ2v) is 8.88. The van der Waals surface area contributed by atoms with Gasteiger partial charge in [-0.3, -0.25) is 19.5 Å². The summed E-state index contributed by atoms with van der Waals surface area (Å²) >= 11 is 0. The number of imide groups is 1. The van der Waals surface area contributed by atoms with E-state index in [4.69, 9.17) is 0 Å². The number of hydrogen-bond acceptors (Lipinski definition) is 3. The first-order chi connectivity index (χ1) is 14.5. The second-order valence-electron chi connectivity index (χ2n) is 8.88. The number of carbonyl (C=O) groups is 2. The van der Waals surface area contributed by atoms with Crippen LogP contribution in [0, 0.1) is 30.6 Å². The molecule has 7 heteroatoms. The number of guanidine groups is 1. The van der Waals surface area contributed by atoms with Crippen LogP contribution in [-0.2, 0) is 9.59 Å². The Morgan fingerprint density at radius 1 is 1.16 bits per heavy atom. The van der Waals surface area contributed by atoms with Gasteiger partial charge in [-0.15, -0.1) is 24.0 Å². The summed E-state index contributed by atoms with van der Waals surface area (Å²) in [6.45, 7) is 6.22. The Morgan fingerprint density at radius 3 is 2.45 bits per heavy atom. The number of halogens is 1. The monoisotopic (exact) mass is 536 g/mol. The maximum atomic E-state index is 12.7. The highest BCUT2D eigenvalue weighted by atomic mass is 127. The van der Waals surface area contributed by atoms with Crippen molar-refractivity contribution in [1.29, 1.82) is 0 Å². The number of benzene rings is 1. The summed E-state index contributed by atoms with van der Waals surface area (Å²) in [5.41, 5.74) is 2.57. The van der Waals surface area contributed by atoms with Gasteiger partial charge < -0.3 is 10.6 Å². The Kier molecular flexibility index (Phi) is 7.78. The summed E-state index contributed by atoms with van der Waals surface area (Å²) in [5.74, 6) is 1.54. The molecule has 3 aliphatic rings. The summed E-state index contributed by atoms with van der Waals surface area (Å²) in [6, 6.07) is 8.56. The van der Waals surface area contributed by atoms with Crippen LogP contribution in [0.25, 0.3) is 0 Å². The number of allylic oxidation sites excluding steroid dienone is 2. The van der Waals surface area contributed by atoms with Crippen LogP contribution in [0.15, 0.2) is 41.4 Å². The van der Waals surface area contributed by atoms with Crippen molar-refractivity contribution in [2.24, 2.45) is 28.7 Å². The van der Waals surface area contributed by atoms with E-state index in [0.29, 0.717) is 25.4 Å². The lowest BCUT2D eigenvalue weighted by atomic mass is 9.85. The lowest BCUT2D eigenvalue weighted by molar-refractivity contribution is -0.140. The maximum absolute atomic E-state index is 12.7. The second kappa shape index (κ2) is 10.1. The van der Waals surface area contributed by atoms with Crippen LogP contribution in [0.3, 0.4) is 0 Å². The zero-order valence-corrected chi connectivity index (χ0v) is 20.8. The molecule has 168 valence electrons. The predicted octanol–water partition coefficient (Wildman–Crippen LogP) is 3.08. The SMILES string of the molecule is CN=C(NCCCN1C(=O)C2C3C=CC(C3)C2C1=O)NCC(C)c1cccc(C)c1.I. The van der Waals surface area contributed by atoms with Crippen molar-refractivity contribution in [1.82, 2.24) is 15.5 Å². The average Bonchev–Trinajstić information content (AvgIpc) is 3.42.